The number of rotatable bonds is 1. The second kappa shape index (κ2) is 4.15. The van der Waals surface area contributed by atoms with Gasteiger partial charge >= 0.3 is 6.18 Å². The largest absolute Gasteiger partial charge is 0.433 e. The van der Waals surface area contributed by atoms with Crippen LogP contribution in [-0.2, 0) is 6.18 Å². The van der Waals surface area contributed by atoms with Gasteiger partial charge in [-0.15, -0.1) is 0 Å². The zero-order valence-corrected chi connectivity index (χ0v) is 10.0. The van der Waals surface area contributed by atoms with E-state index < -0.39 is 11.9 Å². The van der Waals surface area contributed by atoms with E-state index in [0.29, 0.717) is 5.39 Å². The van der Waals surface area contributed by atoms with Crippen LogP contribution in [-0.4, -0.2) is 4.98 Å². The molecule has 0 radical (unpaired) electrons. The van der Waals surface area contributed by atoms with E-state index in [0.717, 1.165) is 11.6 Å². The van der Waals surface area contributed by atoms with E-state index >= 15 is 0 Å². The normalized spacial score (nSPS) is 12.3. The van der Waals surface area contributed by atoms with Crippen LogP contribution in [0.2, 0.25) is 0 Å². The summed E-state index contributed by atoms with van der Waals surface area (Å²) in [4.78, 5) is 3.60. The van der Waals surface area contributed by atoms with Crippen molar-refractivity contribution in [3.63, 3.8) is 0 Å². The number of halogens is 3. The fraction of sp³-hybridized carbons (Fsp3) is 0.308. The molecule has 0 saturated carbocycles. The summed E-state index contributed by atoms with van der Waals surface area (Å²) in [6.07, 6.45) is -4.47. The smallest absolute Gasteiger partial charge is 0.398 e. The van der Waals surface area contributed by atoms with Crippen LogP contribution >= 0.6 is 0 Å². The molecular formula is C13H13F3N2. The van der Waals surface area contributed by atoms with E-state index in [1.165, 1.54) is 0 Å². The van der Waals surface area contributed by atoms with Crippen LogP contribution in [0, 0.1) is 0 Å². The first-order chi connectivity index (χ1) is 8.29. The number of hydrogen-bond donors (Lipinski definition) is 1. The van der Waals surface area contributed by atoms with Crippen LogP contribution < -0.4 is 5.73 Å². The monoisotopic (exact) mass is 254 g/mol. The molecule has 1 heterocycles. The Bertz CT molecular complexity index is 589. The lowest BCUT2D eigenvalue weighted by Gasteiger charge is -2.11. The number of nitrogens with two attached hydrogens (primary N) is 1. The van der Waals surface area contributed by atoms with E-state index in [-0.39, 0.29) is 17.1 Å². The fourth-order valence-electron chi connectivity index (χ4n) is 1.77. The molecule has 2 nitrogen and oxygen atoms in total. The number of fused-ring (bicyclic) bond motifs is 1. The molecule has 0 aliphatic carbocycles. The summed E-state index contributed by atoms with van der Waals surface area (Å²) in [5, 5.41) is 0.564. The highest BCUT2D eigenvalue weighted by Crippen LogP contribution is 2.32. The Morgan fingerprint density at radius 1 is 1.17 bits per heavy atom. The summed E-state index contributed by atoms with van der Waals surface area (Å²) in [7, 11) is 0. The molecule has 0 unspecified atom stereocenters. The number of nitrogen functional groups attached to an aromatic ring is 1. The number of nitrogens with zero attached hydrogens (tertiary/aromatic N) is 1. The van der Waals surface area contributed by atoms with Gasteiger partial charge < -0.3 is 5.73 Å². The van der Waals surface area contributed by atoms with Gasteiger partial charge in [-0.2, -0.15) is 13.2 Å². The molecule has 0 amide bonds. The predicted octanol–water partition coefficient (Wildman–Crippen LogP) is 3.96. The van der Waals surface area contributed by atoms with E-state index in [2.05, 4.69) is 4.98 Å². The van der Waals surface area contributed by atoms with Gasteiger partial charge in [0, 0.05) is 11.1 Å². The number of pyridine rings is 1. The molecule has 5 heteroatoms. The van der Waals surface area contributed by atoms with Gasteiger partial charge in [0.2, 0.25) is 0 Å². The average molecular weight is 254 g/mol. The van der Waals surface area contributed by atoms with Crippen LogP contribution in [0.3, 0.4) is 0 Å². The second-order valence-corrected chi connectivity index (χ2v) is 4.53. The maximum Gasteiger partial charge on any atom is 0.433 e. The van der Waals surface area contributed by atoms with Gasteiger partial charge in [0.1, 0.15) is 5.69 Å². The van der Waals surface area contributed by atoms with Gasteiger partial charge in [-0.25, -0.2) is 4.98 Å². The zero-order chi connectivity index (χ0) is 13.5. The molecule has 2 rings (SSSR count). The Morgan fingerprint density at radius 2 is 1.83 bits per heavy atom. The Hall–Kier alpha value is -1.78. The SMILES string of the molecule is CC(C)c1ccc2nc(C(F)(F)F)cc(N)c2c1. The molecule has 0 spiro atoms. The summed E-state index contributed by atoms with van der Waals surface area (Å²) < 4.78 is 37.8. The van der Waals surface area contributed by atoms with Gasteiger partial charge in [0.15, 0.2) is 0 Å². The molecule has 0 aliphatic rings. The van der Waals surface area contributed by atoms with Crippen LogP contribution in [0.25, 0.3) is 10.9 Å². The third kappa shape index (κ3) is 2.25. The first-order valence-corrected chi connectivity index (χ1v) is 5.56. The molecule has 2 aromatic rings. The number of alkyl halides is 3. The maximum atomic E-state index is 12.6. The number of anilines is 1. The molecule has 1 aromatic heterocycles. The predicted molar refractivity (Wildman–Crippen MR) is 65.2 cm³/mol. The average Bonchev–Trinajstić information content (AvgIpc) is 2.27. The zero-order valence-electron chi connectivity index (χ0n) is 10.0. The molecule has 96 valence electrons. The van der Waals surface area contributed by atoms with Gasteiger partial charge in [-0.3, -0.25) is 0 Å². The highest BCUT2D eigenvalue weighted by atomic mass is 19.4. The molecule has 0 saturated heterocycles. The lowest BCUT2D eigenvalue weighted by molar-refractivity contribution is -0.140. The Kier molecular flexibility index (Phi) is 2.92. The minimum atomic E-state index is -4.47. The molecule has 18 heavy (non-hydrogen) atoms. The van der Waals surface area contributed by atoms with Crippen molar-refractivity contribution in [3.05, 3.63) is 35.5 Å². The van der Waals surface area contributed by atoms with Crippen molar-refractivity contribution < 1.29 is 13.2 Å². The maximum absolute atomic E-state index is 12.6. The van der Waals surface area contributed by atoms with Crippen LogP contribution in [0.5, 0.6) is 0 Å². The quantitative estimate of drug-likeness (QED) is 0.836. The topological polar surface area (TPSA) is 38.9 Å². The minimum Gasteiger partial charge on any atom is -0.398 e. The van der Waals surface area contributed by atoms with Crippen molar-refractivity contribution in [1.29, 1.82) is 0 Å². The number of hydrogen-bond acceptors (Lipinski definition) is 2. The fourth-order valence-corrected chi connectivity index (χ4v) is 1.77. The lowest BCUT2D eigenvalue weighted by atomic mass is 10.0. The summed E-state index contributed by atoms with van der Waals surface area (Å²) in [5.41, 5.74) is 6.13. The lowest BCUT2D eigenvalue weighted by Crippen LogP contribution is -2.09. The van der Waals surface area contributed by atoms with Gasteiger partial charge in [0.25, 0.3) is 0 Å². The summed E-state index contributed by atoms with van der Waals surface area (Å²) >= 11 is 0. The molecule has 0 bridgehead atoms. The van der Waals surface area contributed by atoms with Gasteiger partial charge in [-0.05, 0) is 29.7 Å². The van der Waals surface area contributed by atoms with Crippen molar-refractivity contribution in [2.75, 3.05) is 5.73 Å². The van der Waals surface area contributed by atoms with Crippen molar-refractivity contribution >= 4 is 16.6 Å². The molecule has 0 atom stereocenters. The first kappa shape index (κ1) is 12.7. The Labute approximate surface area is 103 Å². The number of benzene rings is 1. The highest BCUT2D eigenvalue weighted by Gasteiger charge is 2.33. The van der Waals surface area contributed by atoms with Crippen molar-refractivity contribution in [1.82, 2.24) is 4.98 Å². The summed E-state index contributed by atoms with van der Waals surface area (Å²) in [5.74, 6) is 0.288. The van der Waals surface area contributed by atoms with Crippen molar-refractivity contribution in [2.24, 2.45) is 0 Å². The molecular weight excluding hydrogens is 241 g/mol. The van der Waals surface area contributed by atoms with Gasteiger partial charge in [0.05, 0.1) is 5.52 Å². The second-order valence-electron chi connectivity index (χ2n) is 4.53. The summed E-state index contributed by atoms with van der Waals surface area (Å²) in [6, 6.07) is 6.03. The standard InChI is InChI=1S/C13H13F3N2/c1-7(2)8-3-4-11-9(5-8)10(17)6-12(18-11)13(14,15)16/h3-7H,1-2H3,(H2,17,18). The van der Waals surface area contributed by atoms with E-state index in [1.807, 2.05) is 13.8 Å². The first-order valence-electron chi connectivity index (χ1n) is 5.56. The van der Waals surface area contributed by atoms with Gasteiger partial charge in [-0.1, -0.05) is 19.9 Å². The molecule has 1 aromatic carbocycles. The molecule has 2 N–H and O–H groups in total. The molecule has 0 fully saturated rings. The third-order valence-corrected chi connectivity index (χ3v) is 2.82. The minimum absolute atomic E-state index is 0.106. The molecule has 0 aliphatic heterocycles. The number of aromatic nitrogens is 1. The van der Waals surface area contributed by atoms with Crippen LogP contribution in [0.1, 0.15) is 31.0 Å². The van der Waals surface area contributed by atoms with Crippen molar-refractivity contribution in [3.8, 4) is 0 Å². The Morgan fingerprint density at radius 3 is 2.39 bits per heavy atom. The highest BCUT2D eigenvalue weighted by molar-refractivity contribution is 5.90. The van der Waals surface area contributed by atoms with Crippen molar-refractivity contribution in [2.45, 2.75) is 25.9 Å². The Balaban J connectivity index is 2.66. The summed E-state index contributed by atoms with van der Waals surface area (Å²) in [6.45, 7) is 4.02. The van der Waals surface area contributed by atoms with E-state index in [4.69, 9.17) is 5.73 Å². The van der Waals surface area contributed by atoms with Crippen LogP contribution in [0.15, 0.2) is 24.3 Å². The van der Waals surface area contributed by atoms with Crippen LogP contribution in [0.4, 0.5) is 18.9 Å². The van der Waals surface area contributed by atoms with E-state index in [9.17, 15) is 13.2 Å². The van der Waals surface area contributed by atoms with E-state index in [1.54, 1.807) is 18.2 Å². The third-order valence-electron chi connectivity index (χ3n) is 2.82.